The molecular weight excluding hydrogens is 237 g/mol. The van der Waals surface area contributed by atoms with Crippen molar-refractivity contribution in [3.05, 3.63) is 28.5 Å². The number of carbonyl (C=O) groups excluding carboxylic acids is 1. The van der Waals surface area contributed by atoms with Gasteiger partial charge < -0.3 is 0 Å². The average molecular weight is 241 g/mol. The second-order valence-electron chi connectivity index (χ2n) is 2.27. The molecule has 0 aliphatic heterocycles. The predicted molar refractivity (Wildman–Crippen MR) is 48.7 cm³/mol. The van der Waals surface area contributed by atoms with Crippen LogP contribution in [0.2, 0.25) is 5.02 Å². The van der Waals surface area contributed by atoms with Crippen LogP contribution in [0.15, 0.2) is 17.0 Å². The predicted octanol–water partition coefficient (Wildman–Crippen LogP) is 3.61. The van der Waals surface area contributed by atoms with E-state index in [0.717, 1.165) is 12.1 Å². The third-order valence-electron chi connectivity index (χ3n) is 1.43. The second kappa shape index (κ2) is 4.70. The Morgan fingerprint density at radius 1 is 1.43 bits per heavy atom. The van der Waals surface area contributed by atoms with E-state index in [0.29, 0.717) is 0 Å². The lowest BCUT2D eigenvalue weighted by atomic mass is 10.2. The number of carbonyl (C=O) groups is 1. The van der Waals surface area contributed by atoms with Gasteiger partial charge in [0.15, 0.2) is 6.29 Å². The van der Waals surface area contributed by atoms with Crippen molar-refractivity contribution in [2.24, 2.45) is 0 Å². The van der Waals surface area contributed by atoms with Crippen molar-refractivity contribution >= 4 is 29.6 Å². The van der Waals surface area contributed by atoms with Gasteiger partial charge in [-0.3, -0.25) is 4.79 Å². The van der Waals surface area contributed by atoms with Crippen LogP contribution in [0.5, 0.6) is 0 Å². The molecule has 1 nitrogen and oxygen atoms in total. The van der Waals surface area contributed by atoms with E-state index in [1.807, 2.05) is 0 Å². The summed E-state index contributed by atoms with van der Waals surface area (Å²) < 4.78 is 36.8. The molecule has 0 atom stereocenters. The molecule has 6 heteroatoms. The maximum atomic E-state index is 12.8. The number of halogens is 4. The van der Waals surface area contributed by atoms with Gasteiger partial charge in [-0.05, 0) is 12.1 Å². The van der Waals surface area contributed by atoms with Gasteiger partial charge in [-0.25, -0.2) is 4.39 Å². The second-order valence-corrected chi connectivity index (χ2v) is 3.68. The quantitative estimate of drug-likeness (QED) is 0.593. The molecule has 1 aromatic rings. The van der Waals surface area contributed by atoms with Crippen LogP contribution in [-0.4, -0.2) is 12.0 Å². The van der Waals surface area contributed by atoms with Crippen LogP contribution in [0.4, 0.5) is 13.2 Å². The third kappa shape index (κ3) is 2.42. The molecule has 14 heavy (non-hydrogen) atoms. The van der Waals surface area contributed by atoms with E-state index in [-0.39, 0.29) is 28.5 Å². The van der Waals surface area contributed by atoms with E-state index >= 15 is 0 Å². The highest BCUT2D eigenvalue weighted by molar-refractivity contribution is 7.99. The zero-order valence-corrected chi connectivity index (χ0v) is 8.21. The lowest BCUT2D eigenvalue weighted by molar-refractivity contribution is 0.112. The van der Waals surface area contributed by atoms with Crippen LogP contribution < -0.4 is 0 Å². The number of hydrogen-bond donors (Lipinski definition) is 0. The van der Waals surface area contributed by atoms with Gasteiger partial charge >= 0.3 is 0 Å². The summed E-state index contributed by atoms with van der Waals surface area (Å²) in [4.78, 5) is 10.4. The summed E-state index contributed by atoms with van der Waals surface area (Å²) in [7, 11) is 0. The number of aldehydes is 1. The minimum Gasteiger partial charge on any atom is -0.298 e. The fourth-order valence-electron chi connectivity index (χ4n) is 0.857. The first kappa shape index (κ1) is 11.4. The highest BCUT2D eigenvalue weighted by atomic mass is 35.5. The molecule has 0 fully saturated rings. The lowest BCUT2D eigenvalue weighted by Gasteiger charge is -2.05. The van der Waals surface area contributed by atoms with Crippen LogP contribution in [0.25, 0.3) is 0 Å². The van der Waals surface area contributed by atoms with E-state index in [9.17, 15) is 18.0 Å². The summed E-state index contributed by atoms with van der Waals surface area (Å²) >= 11 is 5.57. The Morgan fingerprint density at radius 3 is 2.57 bits per heavy atom. The molecule has 0 spiro atoms. The number of hydrogen-bond acceptors (Lipinski definition) is 2. The number of thioether (sulfide) groups is 1. The Labute approximate surface area is 87.2 Å². The molecule has 0 saturated heterocycles. The van der Waals surface area contributed by atoms with Crippen molar-refractivity contribution in [2.75, 3.05) is 0 Å². The maximum absolute atomic E-state index is 12.8. The summed E-state index contributed by atoms with van der Waals surface area (Å²) in [6.07, 6.45) is 0.260. The van der Waals surface area contributed by atoms with E-state index in [2.05, 4.69) is 0 Å². The Bertz CT molecular complexity index is 357. The van der Waals surface area contributed by atoms with Gasteiger partial charge in [0, 0.05) is 10.5 Å². The summed E-state index contributed by atoms with van der Waals surface area (Å²) in [5, 5.41) is -0.425. The molecule has 0 N–H and O–H groups in total. The first-order valence-corrected chi connectivity index (χ1v) is 4.70. The van der Waals surface area contributed by atoms with Gasteiger partial charge in [-0.1, -0.05) is 23.4 Å². The smallest absolute Gasteiger partial charge is 0.288 e. The van der Waals surface area contributed by atoms with Crippen LogP contribution in [0.3, 0.4) is 0 Å². The highest BCUT2D eigenvalue weighted by Crippen LogP contribution is 2.32. The van der Waals surface area contributed by atoms with Crippen molar-refractivity contribution in [3.8, 4) is 0 Å². The van der Waals surface area contributed by atoms with Crippen molar-refractivity contribution < 1.29 is 18.0 Å². The monoisotopic (exact) mass is 240 g/mol. The molecule has 1 aromatic carbocycles. The van der Waals surface area contributed by atoms with Crippen LogP contribution in [0, 0.1) is 5.82 Å². The van der Waals surface area contributed by atoms with Gasteiger partial charge in [0.25, 0.3) is 5.76 Å². The molecule has 0 saturated carbocycles. The molecule has 0 bridgehead atoms. The van der Waals surface area contributed by atoms with E-state index in [1.54, 1.807) is 0 Å². The molecule has 76 valence electrons. The van der Waals surface area contributed by atoms with Crippen molar-refractivity contribution in [3.63, 3.8) is 0 Å². The molecule has 0 aromatic heterocycles. The van der Waals surface area contributed by atoms with Gasteiger partial charge in [0.05, 0.1) is 5.02 Å². The largest absolute Gasteiger partial charge is 0.298 e. The molecule has 1 rings (SSSR count). The lowest BCUT2D eigenvalue weighted by Crippen LogP contribution is -1.92. The minimum atomic E-state index is -2.67. The molecule has 0 radical (unpaired) electrons. The van der Waals surface area contributed by atoms with Crippen molar-refractivity contribution in [1.29, 1.82) is 0 Å². The van der Waals surface area contributed by atoms with Gasteiger partial charge in [0.1, 0.15) is 5.82 Å². The summed E-state index contributed by atoms with van der Waals surface area (Å²) in [6.45, 7) is 0. The zero-order chi connectivity index (χ0) is 10.7. The van der Waals surface area contributed by atoms with Crippen molar-refractivity contribution in [2.45, 2.75) is 10.7 Å². The van der Waals surface area contributed by atoms with Crippen molar-refractivity contribution in [1.82, 2.24) is 0 Å². The third-order valence-corrected chi connectivity index (χ3v) is 2.60. The van der Waals surface area contributed by atoms with E-state index in [4.69, 9.17) is 11.6 Å². The molecule has 0 aliphatic carbocycles. The maximum Gasteiger partial charge on any atom is 0.288 e. The van der Waals surface area contributed by atoms with Gasteiger partial charge in [-0.15, -0.1) is 0 Å². The zero-order valence-electron chi connectivity index (χ0n) is 6.64. The van der Waals surface area contributed by atoms with E-state index < -0.39 is 16.6 Å². The number of benzene rings is 1. The number of rotatable bonds is 3. The van der Waals surface area contributed by atoms with Crippen LogP contribution in [-0.2, 0) is 0 Å². The fraction of sp³-hybridized carbons (Fsp3) is 0.125. The fourth-order valence-corrected chi connectivity index (χ4v) is 1.74. The Hall–Kier alpha value is -0.680. The first-order chi connectivity index (χ1) is 6.56. The molecule has 0 aliphatic rings. The minimum absolute atomic E-state index is 0.0265. The molecule has 0 heterocycles. The normalized spacial score (nSPS) is 10.6. The van der Waals surface area contributed by atoms with Crippen LogP contribution >= 0.6 is 23.4 Å². The first-order valence-electron chi connectivity index (χ1n) is 3.44. The summed E-state index contributed by atoms with van der Waals surface area (Å²) in [5.41, 5.74) is -0.239. The van der Waals surface area contributed by atoms with Gasteiger partial charge in [0.2, 0.25) is 0 Å². The van der Waals surface area contributed by atoms with E-state index in [1.165, 1.54) is 0 Å². The van der Waals surface area contributed by atoms with Gasteiger partial charge in [-0.2, -0.15) is 8.78 Å². The standard InChI is InChI=1S/C8H4ClF3OS/c9-7-4(3-13)6(14-8(11)12)2-1-5(7)10/h1-3,8H. The van der Waals surface area contributed by atoms with Crippen LogP contribution in [0.1, 0.15) is 10.4 Å². The summed E-state index contributed by atoms with van der Waals surface area (Å²) in [6, 6.07) is 2.04. The Morgan fingerprint density at radius 2 is 2.07 bits per heavy atom. The Balaban J connectivity index is 3.17. The molecule has 0 amide bonds. The highest BCUT2D eigenvalue weighted by Gasteiger charge is 2.15. The average Bonchev–Trinajstić information content (AvgIpc) is 2.11. The topological polar surface area (TPSA) is 17.1 Å². The Kier molecular flexibility index (Phi) is 3.83. The number of alkyl halides is 2. The summed E-state index contributed by atoms with van der Waals surface area (Å²) in [5.74, 6) is -3.47. The SMILES string of the molecule is O=Cc1c(SC(F)F)ccc(F)c1Cl. The molecule has 0 unspecified atom stereocenters. The molecular formula is C8H4ClF3OS.